The monoisotopic (exact) mass is 239 g/mol. The molecule has 1 amide bonds. The second-order valence-electron chi connectivity index (χ2n) is 3.33. The first-order chi connectivity index (χ1) is 8.06. The second-order valence-corrected chi connectivity index (χ2v) is 3.33. The zero-order valence-corrected chi connectivity index (χ0v) is 9.27. The molecule has 0 bridgehead atoms. The first kappa shape index (κ1) is 12.9. The smallest absolute Gasteiger partial charge is 0.296 e. The molecule has 0 saturated carbocycles. The number of phenols is 1. The Morgan fingerprint density at radius 1 is 1.53 bits per heavy atom. The van der Waals surface area contributed by atoms with E-state index in [4.69, 9.17) is 0 Å². The molecule has 7 nitrogen and oxygen atoms in total. The third-order valence-corrected chi connectivity index (χ3v) is 2.08. The van der Waals surface area contributed by atoms with Gasteiger partial charge >= 0.3 is 0 Å². The number of rotatable bonds is 5. The molecular weight excluding hydrogens is 226 g/mol. The summed E-state index contributed by atoms with van der Waals surface area (Å²) in [5, 5.41) is 25.3. The number of hydrogen-bond acceptors (Lipinski definition) is 5. The summed E-state index contributed by atoms with van der Waals surface area (Å²) < 4.78 is 0. The van der Waals surface area contributed by atoms with Crippen LogP contribution in [0.2, 0.25) is 0 Å². The second kappa shape index (κ2) is 5.80. The number of nitro groups is 1. The van der Waals surface area contributed by atoms with Gasteiger partial charge in [0, 0.05) is 19.0 Å². The number of anilines is 1. The molecule has 3 N–H and O–H groups in total. The molecule has 1 rings (SSSR count). The summed E-state index contributed by atoms with van der Waals surface area (Å²) in [5.74, 6) is -0.721. The van der Waals surface area contributed by atoms with E-state index in [1.165, 1.54) is 18.2 Å². The maximum atomic E-state index is 11.4. The molecule has 1 aromatic carbocycles. The van der Waals surface area contributed by atoms with Gasteiger partial charge in [0.15, 0.2) is 5.69 Å². The fourth-order valence-electron chi connectivity index (χ4n) is 1.25. The van der Waals surface area contributed by atoms with Crippen molar-refractivity contribution in [1.29, 1.82) is 0 Å². The number of nitrogens with one attached hydrogen (secondary N) is 2. The highest BCUT2D eigenvalue weighted by Crippen LogP contribution is 2.32. The van der Waals surface area contributed by atoms with E-state index < -0.39 is 10.8 Å². The van der Waals surface area contributed by atoms with Crippen molar-refractivity contribution in [3.63, 3.8) is 0 Å². The van der Waals surface area contributed by atoms with Crippen molar-refractivity contribution in [2.24, 2.45) is 0 Å². The first-order valence-electron chi connectivity index (χ1n) is 4.97. The molecule has 0 unspecified atom stereocenters. The first-order valence-corrected chi connectivity index (χ1v) is 4.97. The number of phenolic OH excluding ortho intramolecular Hbond substituents is 1. The lowest BCUT2D eigenvalue weighted by atomic mass is 10.2. The van der Waals surface area contributed by atoms with Gasteiger partial charge in [-0.15, -0.1) is 0 Å². The Bertz CT molecular complexity index is 434. The summed E-state index contributed by atoms with van der Waals surface area (Å²) in [6.07, 6.45) is 0.169. The Morgan fingerprint density at radius 3 is 2.82 bits per heavy atom. The molecule has 0 saturated heterocycles. The van der Waals surface area contributed by atoms with E-state index in [-0.39, 0.29) is 23.5 Å². The van der Waals surface area contributed by atoms with Crippen LogP contribution >= 0.6 is 0 Å². The SMILES string of the molecule is CNCCC(=O)Nc1c(O)cccc1[N+](=O)[O-]. The molecule has 0 aliphatic rings. The predicted molar refractivity (Wildman–Crippen MR) is 61.9 cm³/mol. The third-order valence-electron chi connectivity index (χ3n) is 2.08. The Morgan fingerprint density at radius 2 is 2.24 bits per heavy atom. The normalized spacial score (nSPS) is 9.94. The molecule has 0 heterocycles. The van der Waals surface area contributed by atoms with Crippen LogP contribution in [0.4, 0.5) is 11.4 Å². The van der Waals surface area contributed by atoms with E-state index in [9.17, 15) is 20.0 Å². The number of aromatic hydroxyl groups is 1. The highest BCUT2D eigenvalue weighted by Gasteiger charge is 2.18. The van der Waals surface area contributed by atoms with Gasteiger partial charge in [0.1, 0.15) is 5.75 Å². The topological polar surface area (TPSA) is 104 Å². The van der Waals surface area contributed by atoms with Crippen LogP contribution < -0.4 is 10.6 Å². The van der Waals surface area contributed by atoms with Crippen molar-refractivity contribution in [3.05, 3.63) is 28.3 Å². The van der Waals surface area contributed by atoms with E-state index in [2.05, 4.69) is 10.6 Å². The van der Waals surface area contributed by atoms with Crippen LogP contribution in [-0.2, 0) is 4.79 Å². The summed E-state index contributed by atoms with van der Waals surface area (Å²) in [6, 6.07) is 3.84. The number of carbonyl (C=O) groups excluding carboxylic acids is 1. The summed E-state index contributed by atoms with van der Waals surface area (Å²) >= 11 is 0. The van der Waals surface area contributed by atoms with Gasteiger partial charge in [0.25, 0.3) is 5.69 Å². The number of nitrogens with zero attached hydrogens (tertiary/aromatic N) is 1. The van der Waals surface area contributed by atoms with Gasteiger partial charge in [-0.25, -0.2) is 0 Å². The minimum atomic E-state index is -0.659. The number of nitro benzene ring substituents is 1. The van der Waals surface area contributed by atoms with Gasteiger partial charge in [0.05, 0.1) is 4.92 Å². The van der Waals surface area contributed by atoms with E-state index >= 15 is 0 Å². The molecule has 0 aromatic heterocycles. The number of hydrogen-bond donors (Lipinski definition) is 3. The molecule has 0 aliphatic carbocycles. The zero-order chi connectivity index (χ0) is 12.8. The summed E-state index contributed by atoms with van der Waals surface area (Å²) in [4.78, 5) is 21.5. The quantitative estimate of drug-likeness (QED) is 0.401. The molecular formula is C10H13N3O4. The lowest BCUT2D eigenvalue weighted by Crippen LogP contribution is -2.19. The van der Waals surface area contributed by atoms with Gasteiger partial charge < -0.3 is 15.7 Å². The summed E-state index contributed by atoms with van der Waals surface area (Å²) in [5.41, 5.74) is -0.499. The van der Waals surface area contributed by atoms with Crippen LogP contribution in [0.25, 0.3) is 0 Å². The average Bonchev–Trinajstić information content (AvgIpc) is 2.28. The van der Waals surface area contributed by atoms with Gasteiger partial charge in [-0.1, -0.05) is 6.07 Å². The van der Waals surface area contributed by atoms with Gasteiger partial charge in [0.2, 0.25) is 5.91 Å². The van der Waals surface area contributed by atoms with Crippen molar-refractivity contribution < 1.29 is 14.8 Å². The molecule has 92 valence electrons. The maximum Gasteiger partial charge on any atom is 0.296 e. The lowest BCUT2D eigenvalue weighted by Gasteiger charge is -2.07. The predicted octanol–water partition coefficient (Wildman–Crippen LogP) is 0.848. The largest absolute Gasteiger partial charge is 0.505 e. The number of para-hydroxylation sites is 1. The van der Waals surface area contributed by atoms with Crippen LogP contribution in [0.3, 0.4) is 0 Å². The number of amides is 1. The van der Waals surface area contributed by atoms with E-state index in [0.29, 0.717) is 6.54 Å². The third kappa shape index (κ3) is 3.42. The van der Waals surface area contributed by atoms with Crippen molar-refractivity contribution in [3.8, 4) is 5.75 Å². The highest BCUT2D eigenvalue weighted by molar-refractivity contribution is 5.95. The summed E-state index contributed by atoms with van der Waals surface area (Å²) in [6.45, 7) is 0.452. The Kier molecular flexibility index (Phi) is 4.41. The van der Waals surface area contributed by atoms with Gasteiger partial charge in [-0.3, -0.25) is 14.9 Å². The Hall–Kier alpha value is -2.15. The lowest BCUT2D eigenvalue weighted by molar-refractivity contribution is -0.384. The fourth-order valence-corrected chi connectivity index (χ4v) is 1.25. The summed E-state index contributed by atoms with van der Waals surface area (Å²) in [7, 11) is 1.69. The molecule has 0 aliphatic heterocycles. The molecule has 0 spiro atoms. The van der Waals surface area contributed by atoms with Gasteiger partial charge in [-0.2, -0.15) is 0 Å². The minimum Gasteiger partial charge on any atom is -0.505 e. The molecule has 17 heavy (non-hydrogen) atoms. The van der Waals surface area contributed by atoms with Crippen LogP contribution in [0.15, 0.2) is 18.2 Å². The maximum absolute atomic E-state index is 11.4. The van der Waals surface area contributed by atoms with E-state index in [0.717, 1.165) is 0 Å². The zero-order valence-electron chi connectivity index (χ0n) is 9.27. The number of carbonyl (C=O) groups is 1. The van der Waals surface area contributed by atoms with E-state index in [1.807, 2.05) is 0 Å². The standard InChI is InChI=1S/C10H13N3O4/c1-11-6-5-9(15)12-10-7(13(16)17)3-2-4-8(10)14/h2-4,11,14H,5-6H2,1H3,(H,12,15). The average molecular weight is 239 g/mol. The molecule has 1 aromatic rings. The van der Waals surface area contributed by atoms with Crippen LogP contribution in [0, 0.1) is 10.1 Å². The number of benzene rings is 1. The van der Waals surface area contributed by atoms with Crippen molar-refractivity contribution in [1.82, 2.24) is 5.32 Å². The van der Waals surface area contributed by atoms with E-state index in [1.54, 1.807) is 7.05 Å². The van der Waals surface area contributed by atoms with Crippen LogP contribution in [0.1, 0.15) is 6.42 Å². The molecule has 0 radical (unpaired) electrons. The molecule has 0 atom stereocenters. The minimum absolute atomic E-state index is 0.168. The van der Waals surface area contributed by atoms with Crippen molar-refractivity contribution >= 4 is 17.3 Å². The molecule has 7 heteroatoms. The Balaban J connectivity index is 2.89. The highest BCUT2D eigenvalue weighted by atomic mass is 16.6. The van der Waals surface area contributed by atoms with Gasteiger partial charge in [-0.05, 0) is 13.1 Å². The van der Waals surface area contributed by atoms with Crippen molar-refractivity contribution in [2.75, 3.05) is 18.9 Å². The van der Waals surface area contributed by atoms with Crippen molar-refractivity contribution in [2.45, 2.75) is 6.42 Å². The van der Waals surface area contributed by atoms with Crippen LogP contribution in [-0.4, -0.2) is 29.5 Å². The Labute approximate surface area is 97.6 Å². The van der Waals surface area contributed by atoms with Crippen LogP contribution in [0.5, 0.6) is 5.75 Å². The fraction of sp³-hybridized carbons (Fsp3) is 0.300. The molecule has 0 fully saturated rings.